The Labute approximate surface area is 170 Å². The van der Waals surface area contributed by atoms with Gasteiger partial charge in [0, 0.05) is 17.3 Å². The van der Waals surface area contributed by atoms with Gasteiger partial charge in [0.15, 0.2) is 0 Å². The first-order chi connectivity index (χ1) is 14.1. The second kappa shape index (κ2) is 7.30. The zero-order valence-corrected chi connectivity index (χ0v) is 16.5. The highest BCUT2D eigenvalue weighted by atomic mass is 16.3. The molecule has 0 aliphatic heterocycles. The summed E-state index contributed by atoms with van der Waals surface area (Å²) in [7, 11) is 0. The maximum atomic E-state index is 11.4. The van der Waals surface area contributed by atoms with Gasteiger partial charge in [-0.25, -0.2) is 4.98 Å². The standard InChI is InChI=1S/C24H27N3O2/c25-24(29)19-9-3-16(4-10-19)15-1-7-18(8-2-15)23(28)22-20(17-5-6-17)11-12-27-14-26-13-21(22)27/h3-4,9-15,17-18,23,28H,1-2,5-8H2,(H2,25,29)/t15?,18?,23-/m0/s1. The first-order valence-electron chi connectivity index (χ1n) is 10.6. The van der Waals surface area contributed by atoms with Crippen LogP contribution in [0.1, 0.15) is 83.5 Å². The number of aromatic nitrogens is 2. The maximum Gasteiger partial charge on any atom is 0.248 e. The van der Waals surface area contributed by atoms with Gasteiger partial charge in [-0.1, -0.05) is 12.1 Å². The molecule has 0 unspecified atom stereocenters. The summed E-state index contributed by atoms with van der Waals surface area (Å²) in [6, 6.07) is 9.87. The third-order valence-electron chi connectivity index (χ3n) is 6.87. The quantitative estimate of drug-likeness (QED) is 0.682. The number of primary amides is 1. The highest BCUT2D eigenvalue weighted by Crippen LogP contribution is 2.47. The number of carbonyl (C=O) groups is 1. The van der Waals surface area contributed by atoms with Crippen molar-refractivity contribution in [2.45, 2.75) is 56.5 Å². The van der Waals surface area contributed by atoms with Crippen molar-refractivity contribution in [3.05, 3.63) is 71.3 Å². The van der Waals surface area contributed by atoms with Gasteiger partial charge >= 0.3 is 0 Å². The van der Waals surface area contributed by atoms with Crippen molar-refractivity contribution >= 4 is 11.4 Å². The molecule has 2 aromatic heterocycles. The van der Waals surface area contributed by atoms with Crippen molar-refractivity contribution in [2.24, 2.45) is 11.7 Å². The van der Waals surface area contributed by atoms with Gasteiger partial charge in [-0.3, -0.25) is 4.79 Å². The van der Waals surface area contributed by atoms with Crippen LogP contribution in [0.3, 0.4) is 0 Å². The molecule has 1 aromatic carbocycles. The molecule has 0 radical (unpaired) electrons. The van der Waals surface area contributed by atoms with Gasteiger partial charge in [0.25, 0.3) is 0 Å². The topological polar surface area (TPSA) is 80.6 Å². The van der Waals surface area contributed by atoms with Gasteiger partial charge in [-0.05, 0) is 85.6 Å². The van der Waals surface area contributed by atoms with Crippen molar-refractivity contribution < 1.29 is 9.90 Å². The van der Waals surface area contributed by atoms with Gasteiger partial charge < -0.3 is 15.2 Å². The van der Waals surface area contributed by atoms with Crippen LogP contribution >= 0.6 is 0 Å². The molecule has 0 saturated heterocycles. The second-order valence-electron chi connectivity index (χ2n) is 8.69. The van der Waals surface area contributed by atoms with Crippen molar-refractivity contribution in [1.82, 2.24) is 9.38 Å². The van der Waals surface area contributed by atoms with Crippen LogP contribution in [0.25, 0.3) is 5.52 Å². The largest absolute Gasteiger partial charge is 0.388 e. The van der Waals surface area contributed by atoms with Crippen LogP contribution in [0.5, 0.6) is 0 Å². The number of nitrogens with zero attached hydrogens (tertiary/aromatic N) is 2. The minimum Gasteiger partial charge on any atom is -0.388 e. The number of nitrogens with two attached hydrogens (primary N) is 1. The van der Waals surface area contributed by atoms with Crippen LogP contribution in [-0.2, 0) is 0 Å². The van der Waals surface area contributed by atoms with Crippen LogP contribution in [0.2, 0.25) is 0 Å². The molecule has 1 amide bonds. The Morgan fingerprint density at radius 1 is 1.03 bits per heavy atom. The Morgan fingerprint density at radius 2 is 1.72 bits per heavy atom. The number of aliphatic hydroxyl groups excluding tert-OH is 1. The molecule has 2 fully saturated rings. The maximum absolute atomic E-state index is 11.4. The van der Waals surface area contributed by atoms with E-state index in [9.17, 15) is 9.90 Å². The average molecular weight is 389 g/mol. The third-order valence-corrected chi connectivity index (χ3v) is 6.87. The van der Waals surface area contributed by atoms with Gasteiger partial charge in [-0.15, -0.1) is 0 Å². The molecule has 5 rings (SSSR count). The monoisotopic (exact) mass is 389 g/mol. The minimum absolute atomic E-state index is 0.273. The number of aliphatic hydroxyl groups is 1. The van der Waals surface area contributed by atoms with Gasteiger partial charge in [0.05, 0.1) is 24.1 Å². The number of hydrogen-bond acceptors (Lipinski definition) is 3. The summed E-state index contributed by atoms with van der Waals surface area (Å²) in [5, 5.41) is 11.4. The van der Waals surface area contributed by atoms with Crippen LogP contribution < -0.4 is 5.73 Å². The summed E-state index contributed by atoms with van der Waals surface area (Å²) in [5.74, 6) is 0.965. The molecule has 5 nitrogen and oxygen atoms in total. The Bertz CT molecular complexity index is 1030. The van der Waals surface area contributed by atoms with E-state index in [1.165, 1.54) is 24.0 Å². The first-order valence-corrected chi connectivity index (χ1v) is 10.6. The SMILES string of the molecule is NC(=O)c1ccc(C2CCC([C@H](O)c3c(C4CC4)ccn4cncc34)CC2)cc1. The minimum atomic E-state index is -0.441. The molecule has 2 heterocycles. The van der Waals surface area contributed by atoms with E-state index in [1.807, 2.05) is 41.2 Å². The Hall–Kier alpha value is -2.66. The first kappa shape index (κ1) is 18.4. The Kier molecular flexibility index (Phi) is 4.63. The molecular formula is C24H27N3O2. The number of fused-ring (bicyclic) bond motifs is 1. The fourth-order valence-electron chi connectivity index (χ4n) is 5.03. The van der Waals surface area contributed by atoms with E-state index in [0.717, 1.165) is 36.8 Å². The third kappa shape index (κ3) is 3.44. The molecule has 150 valence electrons. The molecule has 0 bridgehead atoms. The van der Waals surface area contributed by atoms with Crippen LogP contribution in [-0.4, -0.2) is 20.4 Å². The summed E-state index contributed by atoms with van der Waals surface area (Å²) < 4.78 is 2.02. The number of amides is 1. The van der Waals surface area contributed by atoms with Crippen molar-refractivity contribution in [3.8, 4) is 0 Å². The molecule has 5 heteroatoms. The highest BCUT2D eigenvalue weighted by Gasteiger charge is 2.34. The van der Waals surface area contributed by atoms with Crippen LogP contribution in [0, 0.1) is 5.92 Å². The zero-order valence-electron chi connectivity index (χ0n) is 16.5. The molecule has 3 aromatic rings. The van der Waals surface area contributed by atoms with Gasteiger partial charge in [-0.2, -0.15) is 0 Å². The van der Waals surface area contributed by atoms with E-state index < -0.39 is 6.10 Å². The molecule has 2 aliphatic rings. The highest BCUT2D eigenvalue weighted by molar-refractivity contribution is 5.92. The van der Waals surface area contributed by atoms with E-state index >= 15 is 0 Å². The lowest BCUT2D eigenvalue weighted by Gasteiger charge is -2.33. The summed E-state index contributed by atoms with van der Waals surface area (Å²) in [6.07, 6.45) is 11.9. The van der Waals surface area contributed by atoms with Gasteiger partial charge in [0.1, 0.15) is 0 Å². The smallest absolute Gasteiger partial charge is 0.248 e. The fourth-order valence-corrected chi connectivity index (χ4v) is 5.03. The lowest BCUT2D eigenvalue weighted by atomic mass is 9.74. The molecule has 2 saturated carbocycles. The van der Waals surface area contributed by atoms with Crippen LogP contribution in [0.4, 0.5) is 0 Å². The zero-order chi connectivity index (χ0) is 20.0. The molecule has 2 aliphatic carbocycles. The lowest BCUT2D eigenvalue weighted by molar-refractivity contribution is 0.0810. The Morgan fingerprint density at radius 3 is 2.38 bits per heavy atom. The number of hydrogen-bond donors (Lipinski definition) is 2. The molecule has 1 atom stereocenters. The van der Waals surface area contributed by atoms with E-state index in [1.54, 1.807) is 0 Å². The molecule has 0 spiro atoms. The van der Waals surface area contributed by atoms with Crippen molar-refractivity contribution in [3.63, 3.8) is 0 Å². The number of carbonyl (C=O) groups excluding carboxylic acids is 1. The van der Waals surface area contributed by atoms with E-state index in [4.69, 9.17) is 5.73 Å². The van der Waals surface area contributed by atoms with E-state index in [0.29, 0.717) is 17.4 Å². The normalized spacial score (nSPS) is 23.2. The van der Waals surface area contributed by atoms with Crippen molar-refractivity contribution in [1.29, 1.82) is 0 Å². The molecular weight excluding hydrogens is 362 g/mol. The number of benzene rings is 1. The van der Waals surface area contributed by atoms with Crippen molar-refractivity contribution in [2.75, 3.05) is 0 Å². The number of imidazole rings is 1. The predicted octanol–water partition coefficient (Wildman–Crippen LogP) is 4.32. The lowest BCUT2D eigenvalue weighted by Crippen LogP contribution is -2.21. The fraction of sp³-hybridized carbons (Fsp3) is 0.417. The van der Waals surface area contributed by atoms with Crippen LogP contribution in [0.15, 0.2) is 49.1 Å². The number of pyridine rings is 1. The van der Waals surface area contributed by atoms with E-state index in [-0.39, 0.29) is 11.8 Å². The second-order valence-corrected chi connectivity index (χ2v) is 8.69. The molecule has 3 N–H and O–H groups in total. The average Bonchev–Trinajstić information content (AvgIpc) is 3.49. The summed E-state index contributed by atoms with van der Waals surface area (Å²) in [5.41, 5.74) is 10.6. The predicted molar refractivity (Wildman–Crippen MR) is 112 cm³/mol. The molecule has 29 heavy (non-hydrogen) atoms. The van der Waals surface area contributed by atoms with Gasteiger partial charge in [0.2, 0.25) is 5.91 Å². The summed E-state index contributed by atoms with van der Waals surface area (Å²) in [6.45, 7) is 0. The Balaban J connectivity index is 1.33. The summed E-state index contributed by atoms with van der Waals surface area (Å²) >= 11 is 0. The van der Waals surface area contributed by atoms with E-state index in [2.05, 4.69) is 17.2 Å². The number of rotatable bonds is 5. The summed E-state index contributed by atoms with van der Waals surface area (Å²) in [4.78, 5) is 15.6.